The van der Waals surface area contributed by atoms with E-state index in [-0.39, 0.29) is 12.6 Å². The molecule has 0 aromatic heterocycles. The normalized spacial score (nSPS) is 24.7. The Balaban J connectivity index is 2.39. The Morgan fingerprint density at radius 1 is 1.20 bits per heavy atom. The van der Waals surface area contributed by atoms with Crippen molar-refractivity contribution >= 4 is 16.0 Å². The molecular formula is C14H27NO4S. The molecule has 0 amide bonds. The summed E-state index contributed by atoms with van der Waals surface area (Å²) in [6, 6.07) is 0. The highest BCUT2D eigenvalue weighted by atomic mass is 32.2. The molecule has 0 aromatic rings. The second-order valence-corrected chi connectivity index (χ2v) is 8.94. The molecule has 0 unspecified atom stereocenters. The fraction of sp³-hybridized carbons (Fsp3) is 0.929. The van der Waals surface area contributed by atoms with Crippen LogP contribution < -0.4 is 0 Å². The fourth-order valence-electron chi connectivity index (χ4n) is 2.57. The van der Waals surface area contributed by atoms with Crippen molar-refractivity contribution in [3.63, 3.8) is 0 Å². The second kappa shape index (κ2) is 6.43. The number of carbonyl (C=O) groups excluding carboxylic acids is 1. The highest BCUT2D eigenvalue weighted by Gasteiger charge is 2.31. The van der Waals surface area contributed by atoms with Crippen LogP contribution in [-0.4, -0.2) is 44.6 Å². The van der Waals surface area contributed by atoms with E-state index >= 15 is 0 Å². The lowest BCUT2D eigenvalue weighted by atomic mass is 9.72. The summed E-state index contributed by atoms with van der Waals surface area (Å²) in [4.78, 5) is 11.7. The molecule has 6 heteroatoms. The smallest absolute Gasteiger partial charge is 0.321 e. The van der Waals surface area contributed by atoms with Crippen molar-refractivity contribution in [1.82, 2.24) is 4.31 Å². The Morgan fingerprint density at radius 2 is 1.70 bits per heavy atom. The Labute approximate surface area is 122 Å². The van der Waals surface area contributed by atoms with Crippen molar-refractivity contribution in [3.05, 3.63) is 0 Å². The van der Waals surface area contributed by atoms with Crippen molar-refractivity contribution in [2.75, 3.05) is 19.8 Å². The zero-order valence-corrected chi connectivity index (χ0v) is 14.0. The number of esters is 1. The third-order valence-electron chi connectivity index (χ3n) is 4.11. The number of likely N-dealkylation sites (N-methyl/N-ethyl adjacent to an activating group) is 1. The summed E-state index contributed by atoms with van der Waals surface area (Å²) in [5.41, 5.74) is 0.297. The number of ether oxygens (including phenoxy) is 1. The zero-order valence-electron chi connectivity index (χ0n) is 13.2. The van der Waals surface area contributed by atoms with E-state index < -0.39 is 16.0 Å². The van der Waals surface area contributed by atoms with Crippen LogP contribution in [0.15, 0.2) is 0 Å². The summed E-state index contributed by atoms with van der Waals surface area (Å²) in [5.74, 6) is 0.202. The maximum absolute atomic E-state index is 11.7. The Kier molecular flexibility index (Phi) is 5.61. The van der Waals surface area contributed by atoms with Crippen molar-refractivity contribution in [1.29, 1.82) is 0 Å². The van der Waals surface area contributed by atoms with Crippen LogP contribution in [0, 0.1) is 11.3 Å². The zero-order chi connectivity index (χ0) is 15.6. The van der Waals surface area contributed by atoms with Gasteiger partial charge in [-0.3, -0.25) is 4.79 Å². The Morgan fingerprint density at radius 3 is 2.10 bits per heavy atom. The maximum atomic E-state index is 11.7. The monoisotopic (exact) mass is 305 g/mol. The van der Waals surface area contributed by atoms with E-state index in [0.717, 1.165) is 36.2 Å². The van der Waals surface area contributed by atoms with Gasteiger partial charge in [0.15, 0.2) is 0 Å². The first-order valence-corrected chi connectivity index (χ1v) is 8.96. The van der Waals surface area contributed by atoms with Crippen LogP contribution >= 0.6 is 0 Å². The lowest BCUT2D eigenvalue weighted by Gasteiger charge is -2.36. The van der Waals surface area contributed by atoms with Gasteiger partial charge in [0.2, 0.25) is 10.0 Å². The van der Waals surface area contributed by atoms with E-state index in [2.05, 4.69) is 20.8 Å². The second-order valence-electron chi connectivity index (χ2n) is 6.85. The highest BCUT2D eigenvalue weighted by Crippen LogP contribution is 2.38. The molecule has 5 nitrogen and oxygen atoms in total. The van der Waals surface area contributed by atoms with Crippen LogP contribution in [0.3, 0.4) is 0 Å². The highest BCUT2D eigenvalue weighted by molar-refractivity contribution is 7.88. The van der Waals surface area contributed by atoms with Gasteiger partial charge in [-0.05, 0) is 37.0 Å². The van der Waals surface area contributed by atoms with Gasteiger partial charge in [0.1, 0.15) is 12.6 Å². The van der Waals surface area contributed by atoms with E-state index in [0.29, 0.717) is 11.3 Å². The number of hydrogen-bond acceptors (Lipinski definition) is 4. The van der Waals surface area contributed by atoms with Gasteiger partial charge in [0.05, 0.1) is 6.26 Å². The molecule has 1 rings (SSSR count). The molecule has 1 saturated carbocycles. The predicted molar refractivity (Wildman–Crippen MR) is 78.8 cm³/mol. The fourth-order valence-corrected chi connectivity index (χ4v) is 2.91. The lowest BCUT2D eigenvalue weighted by molar-refractivity contribution is -0.151. The van der Waals surface area contributed by atoms with Crippen molar-refractivity contribution in [2.24, 2.45) is 11.3 Å². The minimum atomic E-state index is -3.33. The minimum Gasteiger partial charge on any atom is -0.461 e. The SMILES string of the molecule is CN(CC(=O)OC1CCC(C(C)(C)C)CC1)S(C)(=O)=O. The molecule has 1 fully saturated rings. The molecule has 0 aromatic carbocycles. The Bertz CT molecular complexity index is 431. The maximum Gasteiger partial charge on any atom is 0.321 e. The van der Waals surface area contributed by atoms with Crippen LogP contribution in [0.2, 0.25) is 0 Å². The number of sulfonamides is 1. The third-order valence-corrected chi connectivity index (χ3v) is 5.38. The van der Waals surface area contributed by atoms with Gasteiger partial charge in [0, 0.05) is 7.05 Å². The molecule has 0 saturated heterocycles. The average Bonchev–Trinajstić information content (AvgIpc) is 2.26. The lowest BCUT2D eigenvalue weighted by Crippen LogP contribution is -2.35. The number of carbonyl (C=O) groups is 1. The molecule has 1 aliphatic carbocycles. The third kappa shape index (κ3) is 5.40. The molecule has 0 radical (unpaired) electrons. The summed E-state index contributed by atoms with van der Waals surface area (Å²) in [6.07, 6.45) is 4.88. The molecule has 20 heavy (non-hydrogen) atoms. The summed E-state index contributed by atoms with van der Waals surface area (Å²) in [7, 11) is -1.95. The molecule has 118 valence electrons. The first-order chi connectivity index (χ1) is 9.00. The molecule has 0 heterocycles. The van der Waals surface area contributed by atoms with Crippen molar-refractivity contribution in [2.45, 2.75) is 52.6 Å². The minimum absolute atomic E-state index is 0.0611. The van der Waals surface area contributed by atoms with E-state index in [1.165, 1.54) is 7.05 Å². The van der Waals surface area contributed by atoms with Gasteiger partial charge in [-0.25, -0.2) is 8.42 Å². The van der Waals surface area contributed by atoms with Crippen LogP contribution in [0.4, 0.5) is 0 Å². The standard InChI is InChI=1S/C14H27NO4S/c1-14(2,3)11-6-8-12(9-7-11)19-13(16)10-15(4)20(5,17)18/h11-12H,6-10H2,1-5H3. The average molecular weight is 305 g/mol. The predicted octanol–water partition coefficient (Wildman–Crippen LogP) is 2.03. The van der Waals surface area contributed by atoms with Crippen LogP contribution in [0.1, 0.15) is 46.5 Å². The molecule has 0 N–H and O–H groups in total. The molecule has 0 atom stereocenters. The van der Waals surface area contributed by atoms with E-state index in [1.54, 1.807) is 0 Å². The summed E-state index contributed by atoms with van der Waals surface area (Å²) >= 11 is 0. The van der Waals surface area contributed by atoms with Crippen molar-refractivity contribution < 1.29 is 17.9 Å². The molecule has 1 aliphatic rings. The van der Waals surface area contributed by atoms with Crippen molar-refractivity contribution in [3.8, 4) is 0 Å². The first kappa shape index (κ1) is 17.4. The van der Waals surface area contributed by atoms with Crippen LogP contribution in [0.25, 0.3) is 0 Å². The summed E-state index contributed by atoms with van der Waals surface area (Å²) in [5, 5.41) is 0. The van der Waals surface area contributed by atoms with Gasteiger partial charge >= 0.3 is 5.97 Å². The summed E-state index contributed by atoms with van der Waals surface area (Å²) < 4.78 is 28.8. The van der Waals surface area contributed by atoms with E-state index in [1.807, 2.05) is 0 Å². The van der Waals surface area contributed by atoms with Gasteiger partial charge in [0.25, 0.3) is 0 Å². The van der Waals surface area contributed by atoms with Gasteiger partial charge < -0.3 is 4.74 Å². The van der Waals surface area contributed by atoms with E-state index in [9.17, 15) is 13.2 Å². The number of rotatable bonds is 4. The summed E-state index contributed by atoms with van der Waals surface area (Å²) in [6.45, 7) is 6.51. The number of hydrogen-bond donors (Lipinski definition) is 0. The molecular weight excluding hydrogens is 278 g/mol. The quantitative estimate of drug-likeness (QED) is 0.746. The largest absolute Gasteiger partial charge is 0.461 e. The molecule has 0 spiro atoms. The van der Waals surface area contributed by atoms with Gasteiger partial charge in [-0.15, -0.1) is 0 Å². The topological polar surface area (TPSA) is 63.7 Å². The Hall–Kier alpha value is -0.620. The van der Waals surface area contributed by atoms with Crippen LogP contribution in [0.5, 0.6) is 0 Å². The molecule has 0 aliphatic heterocycles. The van der Waals surface area contributed by atoms with Crippen LogP contribution in [-0.2, 0) is 19.6 Å². The van der Waals surface area contributed by atoms with Gasteiger partial charge in [-0.1, -0.05) is 20.8 Å². The first-order valence-electron chi connectivity index (χ1n) is 7.11. The number of nitrogens with zero attached hydrogens (tertiary/aromatic N) is 1. The molecule has 0 bridgehead atoms. The van der Waals surface area contributed by atoms with Gasteiger partial charge in [-0.2, -0.15) is 4.31 Å². The van der Waals surface area contributed by atoms with E-state index in [4.69, 9.17) is 4.74 Å².